The molecule has 0 saturated carbocycles. The summed E-state index contributed by atoms with van der Waals surface area (Å²) in [5.41, 5.74) is 3.02. The molecule has 0 atom stereocenters. The Bertz CT molecular complexity index is 1140. The summed E-state index contributed by atoms with van der Waals surface area (Å²) in [4.78, 5) is 21.4. The van der Waals surface area contributed by atoms with Crippen LogP contribution in [0.1, 0.15) is 28.5 Å². The molecule has 3 heterocycles. The van der Waals surface area contributed by atoms with Gasteiger partial charge >= 0.3 is 0 Å². The molecule has 1 amide bonds. The number of carbonyl (C=O) groups is 1. The van der Waals surface area contributed by atoms with Gasteiger partial charge in [0.15, 0.2) is 5.82 Å². The summed E-state index contributed by atoms with van der Waals surface area (Å²) in [5, 5.41) is 7.21. The average Bonchev–Trinajstić information content (AvgIpc) is 3.21. The minimum Gasteiger partial charge on any atom is -0.439 e. The summed E-state index contributed by atoms with van der Waals surface area (Å²) in [7, 11) is 0. The number of carbonyl (C=O) groups excluding carboxylic acids is 1. The Morgan fingerprint density at radius 3 is 2.53 bits per heavy atom. The Morgan fingerprint density at radius 2 is 1.87 bits per heavy atom. The number of anilines is 1. The maximum Gasteiger partial charge on any atom is 0.259 e. The highest BCUT2D eigenvalue weighted by Crippen LogP contribution is 2.21. The second kappa shape index (κ2) is 8.57. The number of benzene rings is 1. The SMILES string of the molecule is CCc1c(C(=O)Nc2ccc(Oc3ccc(C)cc3)nc2)cnn1-c1ccccn1. The number of pyridine rings is 2. The molecule has 0 bridgehead atoms. The van der Waals surface area contributed by atoms with Crippen molar-refractivity contribution in [3.63, 3.8) is 0 Å². The van der Waals surface area contributed by atoms with Gasteiger partial charge in [-0.15, -0.1) is 0 Å². The Hall–Kier alpha value is -4.00. The first-order valence-corrected chi connectivity index (χ1v) is 9.64. The summed E-state index contributed by atoms with van der Waals surface area (Å²) in [6.45, 7) is 4.00. The quantitative estimate of drug-likeness (QED) is 0.513. The topological polar surface area (TPSA) is 81.9 Å². The van der Waals surface area contributed by atoms with Gasteiger partial charge in [0.25, 0.3) is 5.91 Å². The molecule has 1 aromatic carbocycles. The van der Waals surface area contributed by atoms with E-state index >= 15 is 0 Å². The first kappa shape index (κ1) is 19.3. The van der Waals surface area contributed by atoms with Crippen LogP contribution < -0.4 is 10.1 Å². The fourth-order valence-electron chi connectivity index (χ4n) is 3.02. The van der Waals surface area contributed by atoms with Crippen LogP contribution in [0.4, 0.5) is 5.69 Å². The number of ether oxygens (including phenoxy) is 1. The summed E-state index contributed by atoms with van der Waals surface area (Å²) in [5.74, 6) is 1.59. The van der Waals surface area contributed by atoms with Gasteiger partial charge in [-0.05, 0) is 43.7 Å². The van der Waals surface area contributed by atoms with Crippen LogP contribution in [-0.4, -0.2) is 25.7 Å². The van der Waals surface area contributed by atoms with E-state index in [-0.39, 0.29) is 5.91 Å². The van der Waals surface area contributed by atoms with Crippen molar-refractivity contribution >= 4 is 11.6 Å². The Kier molecular flexibility index (Phi) is 5.52. The van der Waals surface area contributed by atoms with Gasteiger partial charge in [0, 0.05) is 12.3 Å². The van der Waals surface area contributed by atoms with Crippen molar-refractivity contribution < 1.29 is 9.53 Å². The average molecular weight is 399 g/mol. The number of nitrogens with one attached hydrogen (secondary N) is 1. The molecule has 0 aliphatic carbocycles. The molecule has 7 heteroatoms. The van der Waals surface area contributed by atoms with E-state index < -0.39 is 0 Å². The van der Waals surface area contributed by atoms with Crippen LogP contribution in [-0.2, 0) is 6.42 Å². The molecule has 0 aliphatic rings. The lowest BCUT2D eigenvalue weighted by atomic mass is 10.2. The van der Waals surface area contributed by atoms with Crippen molar-refractivity contribution in [1.82, 2.24) is 19.7 Å². The van der Waals surface area contributed by atoms with Gasteiger partial charge in [-0.3, -0.25) is 4.79 Å². The standard InChI is InChI=1S/C23H21N5O2/c1-3-20-19(15-26-28(20)21-6-4-5-13-24-21)23(29)27-17-9-12-22(25-14-17)30-18-10-7-16(2)8-11-18/h4-15H,3H2,1-2H3,(H,27,29). The summed E-state index contributed by atoms with van der Waals surface area (Å²) in [6, 6.07) is 16.8. The first-order valence-electron chi connectivity index (χ1n) is 9.64. The molecule has 150 valence electrons. The Morgan fingerprint density at radius 1 is 1.03 bits per heavy atom. The molecule has 1 N–H and O–H groups in total. The molecule has 0 fully saturated rings. The van der Waals surface area contributed by atoms with Gasteiger partial charge in [0.1, 0.15) is 5.75 Å². The van der Waals surface area contributed by atoms with Crippen molar-refractivity contribution in [3.05, 3.63) is 90.0 Å². The molecule has 0 unspecified atom stereocenters. The molecular formula is C23H21N5O2. The van der Waals surface area contributed by atoms with Crippen LogP contribution in [0.3, 0.4) is 0 Å². The van der Waals surface area contributed by atoms with Gasteiger partial charge in [0.2, 0.25) is 5.88 Å². The highest BCUT2D eigenvalue weighted by molar-refractivity contribution is 6.04. The van der Waals surface area contributed by atoms with Crippen molar-refractivity contribution in [3.8, 4) is 17.4 Å². The second-order valence-electron chi connectivity index (χ2n) is 6.71. The van der Waals surface area contributed by atoms with E-state index in [1.165, 1.54) is 0 Å². The molecule has 4 aromatic rings. The molecule has 4 rings (SSSR count). The monoisotopic (exact) mass is 399 g/mol. The zero-order chi connectivity index (χ0) is 20.9. The van der Waals surface area contributed by atoms with Gasteiger partial charge < -0.3 is 10.1 Å². The van der Waals surface area contributed by atoms with Crippen molar-refractivity contribution in [1.29, 1.82) is 0 Å². The highest BCUT2D eigenvalue weighted by Gasteiger charge is 2.18. The lowest BCUT2D eigenvalue weighted by molar-refractivity contribution is 0.102. The minimum absolute atomic E-state index is 0.247. The third-order valence-corrected chi connectivity index (χ3v) is 4.55. The molecular weight excluding hydrogens is 378 g/mol. The fraction of sp³-hybridized carbons (Fsp3) is 0.130. The number of nitrogens with zero attached hydrogens (tertiary/aromatic N) is 4. The molecule has 0 radical (unpaired) electrons. The third kappa shape index (κ3) is 4.20. The summed E-state index contributed by atoms with van der Waals surface area (Å²) in [6.07, 6.45) is 5.46. The smallest absolute Gasteiger partial charge is 0.259 e. The normalized spacial score (nSPS) is 10.6. The van der Waals surface area contributed by atoms with E-state index in [9.17, 15) is 4.79 Å². The first-order chi connectivity index (χ1) is 14.6. The molecule has 0 spiro atoms. The second-order valence-corrected chi connectivity index (χ2v) is 6.71. The van der Waals surface area contributed by atoms with Crippen molar-refractivity contribution in [2.75, 3.05) is 5.32 Å². The molecule has 3 aromatic heterocycles. The fourth-order valence-corrected chi connectivity index (χ4v) is 3.02. The van der Waals surface area contributed by atoms with E-state index in [0.29, 0.717) is 35.1 Å². The van der Waals surface area contributed by atoms with Crippen molar-refractivity contribution in [2.24, 2.45) is 0 Å². The molecule has 7 nitrogen and oxygen atoms in total. The lowest BCUT2D eigenvalue weighted by Gasteiger charge is -2.09. The molecule has 0 aliphatic heterocycles. The van der Waals surface area contributed by atoms with Crippen LogP contribution in [0.15, 0.2) is 73.2 Å². The van der Waals surface area contributed by atoms with E-state index in [1.807, 2.05) is 56.3 Å². The van der Waals surface area contributed by atoms with E-state index in [4.69, 9.17) is 4.74 Å². The number of hydrogen-bond donors (Lipinski definition) is 1. The highest BCUT2D eigenvalue weighted by atomic mass is 16.5. The summed E-state index contributed by atoms with van der Waals surface area (Å²) < 4.78 is 7.41. The van der Waals surface area contributed by atoms with Gasteiger partial charge in [-0.25, -0.2) is 14.6 Å². The predicted molar refractivity (Wildman–Crippen MR) is 114 cm³/mol. The van der Waals surface area contributed by atoms with E-state index in [1.54, 1.807) is 35.4 Å². The molecule has 30 heavy (non-hydrogen) atoms. The predicted octanol–water partition coefficient (Wildman–Crippen LogP) is 4.58. The minimum atomic E-state index is -0.247. The maximum atomic E-state index is 12.8. The number of hydrogen-bond acceptors (Lipinski definition) is 5. The Balaban J connectivity index is 1.47. The number of amides is 1. The lowest BCUT2D eigenvalue weighted by Crippen LogP contribution is -2.14. The zero-order valence-corrected chi connectivity index (χ0v) is 16.7. The Labute approximate surface area is 174 Å². The largest absolute Gasteiger partial charge is 0.439 e. The number of aromatic nitrogens is 4. The van der Waals surface area contributed by atoms with Gasteiger partial charge in [-0.2, -0.15) is 5.10 Å². The zero-order valence-electron chi connectivity index (χ0n) is 16.7. The van der Waals surface area contributed by atoms with Crippen LogP contribution in [0, 0.1) is 6.92 Å². The van der Waals surface area contributed by atoms with Crippen LogP contribution in [0.5, 0.6) is 11.6 Å². The van der Waals surface area contributed by atoms with Gasteiger partial charge in [0.05, 0.1) is 29.3 Å². The van der Waals surface area contributed by atoms with Crippen LogP contribution in [0.25, 0.3) is 5.82 Å². The maximum absolute atomic E-state index is 12.8. The van der Waals surface area contributed by atoms with E-state index in [0.717, 1.165) is 11.3 Å². The van der Waals surface area contributed by atoms with Crippen molar-refractivity contribution in [2.45, 2.75) is 20.3 Å². The third-order valence-electron chi connectivity index (χ3n) is 4.55. The van der Waals surface area contributed by atoms with Crippen LogP contribution in [0.2, 0.25) is 0 Å². The summed E-state index contributed by atoms with van der Waals surface area (Å²) >= 11 is 0. The van der Waals surface area contributed by atoms with E-state index in [2.05, 4.69) is 20.4 Å². The van der Waals surface area contributed by atoms with Crippen LogP contribution >= 0.6 is 0 Å². The van der Waals surface area contributed by atoms with Gasteiger partial charge in [-0.1, -0.05) is 30.7 Å². The number of aryl methyl sites for hydroxylation is 1. The molecule has 0 saturated heterocycles. The number of rotatable bonds is 6.